The van der Waals surface area contributed by atoms with Crippen molar-refractivity contribution in [1.29, 1.82) is 0 Å². The van der Waals surface area contributed by atoms with Crippen molar-refractivity contribution in [3.8, 4) is 0 Å². The van der Waals surface area contributed by atoms with Crippen molar-refractivity contribution in [2.24, 2.45) is 5.11 Å². The Morgan fingerprint density at radius 1 is 1.59 bits per heavy atom. The van der Waals surface area contributed by atoms with Crippen molar-refractivity contribution >= 4 is 17.5 Å². The van der Waals surface area contributed by atoms with Gasteiger partial charge in [0.25, 0.3) is 0 Å². The molecular formula is C10H10ClFN4O. The van der Waals surface area contributed by atoms with Crippen LogP contribution in [0.15, 0.2) is 23.3 Å². The normalized spacial score (nSPS) is 9.53. The number of carbonyl (C=O) groups is 1. The maximum atomic E-state index is 13.3. The Morgan fingerprint density at radius 2 is 2.35 bits per heavy atom. The maximum absolute atomic E-state index is 13.3. The molecule has 0 aliphatic rings. The van der Waals surface area contributed by atoms with Crippen LogP contribution in [0.2, 0.25) is 5.02 Å². The van der Waals surface area contributed by atoms with Crippen molar-refractivity contribution in [3.63, 3.8) is 0 Å². The van der Waals surface area contributed by atoms with Gasteiger partial charge in [0.15, 0.2) is 0 Å². The second-order valence-electron chi connectivity index (χ2n) is 3.18. The Morgan fingerprint density at radius 3 is 3.00 bits per heavy atom. The van der Waals surface area contributed by atoms with E-state index < -0.39 is 5.82 Å². The van der Waals surface area contributed by atoms with Crippen molar-refractivity contribution in [2.45, 2.75) is 6.42 Å². The summed E-state index contributed by atoms with van der Waals surface area (Å²) < 4.78 is 13.3. The molecule has 5 nitrogen and oxygen atoms in total. The van der Waals surface area contributed by atoms with Gasteiger partial charge in [-0.15, -0.1) is 0 Å². The summed E-state index contributed by atoms with van der Waals surface area (Å²) in [6.07, 6.45) is -0.137. The molecule has 1 aromatic carbocycles. The first-order valence-corrected chi connectivity index (χ1v) is 5.23. The standard InChI is InChI=1S/C10H10ClFN4O/c11-8-2-1-3-9(12)7(8)6-10(17)14-4-5-15-16-13/h1-3H,4-6H2,(H,14,17). The van der Waals surface area contributed by atoms with Gasteiger partial charge in [0.1, 0.15) is 5.82 Å². The first kappa shape index (κ1) is 13.3. The smallest absolute Gasteiger partial charge is 0.224 e. The molecule has 0 saturated carbocycles. The van der Waals surface area contributed by atoms with Crippen LogP contribution in [0.1, 0.15) is 5.56 Å². The minimum absolute atomic E-state index is 0.137. The highest BCUT2D eigenvalue weighted by Crippen LogP contribution is 2.19. The Balaban J connectivity index is 2.53. The fraction of sp³-hybridized carbons (Fsp3) is 0.300. The highest BCUT2D eigenvalue weighted by Gasteiger charge is 2.10. The molecule has 0 atom stereocenters. The predicted molar refractivity (Wildman–Crippen MR) is 62.1 cm³/mol. The number of halogens is 2. The number of amides is 1. The average Bonchev–Trinajstić information content (AvgIpc) is 2.30. The molecule has 0 unspecified atom stereocenters. The summed E-state index contributed by atoms with van der Waals surface area (Å²) in [5, 5.41) is 5.96. The van der Waals surface area contributed by atoms with Gasteiger partial charge in [-0.25, -0.2) is 4.39 Å². The number of benzene rings is 1. The number of hydrogen-bond acceptors (Lipinski definition) is 2. The summed E-state index contributed by atoms with van der Waals surface area (Å²) in [7, 11) is 0. The lowest BCUT2D eigenvalue weighted by atomic mass is 10.1. The summed E-state index contributed by atoms with van der Waals surface area (Å²) in [5.74, 6) is -0.882. The zero-order chi connectivity index (χ0) is 12.7. The van der Waals surface area contributed by atoms with Crippen LogP contribution in [0.4, 0.5) is 4.39 Å². The Labute approximate surface area is 102 Å². The van der Waals surface area contributed by atoms with E-state index in [1.54, 1.807) is 0 Å². The third kappa shape index (κ3) is 4.30. The molecule has 0 heterocycles. The van der Waals surface area contributed by atoms with Crippen LogP contribution in [0.25, 0.3) is 10.4 Å². The molecule has 1 rings (SSSR count). The molecule has 90 valence electrons. The number of rotatable bonds is 5. The van der Waals surface area contributed by atoms with Crippen LogP contribution in [-0.4, -0.2) is 19.0 Å². The summed E-state index contributed by atoms with van der Waals surface area (Å²) in [6, 6.07) is 4.24. The van der Waals surface area contributed by atoms with Gasteiger partial charge in [0.2, 0.25) is 5.91 Å². The molecule has 0 spiro atoms. The number of carbonyl (C=O) groups excluding carboxylic acids is 1. The van der Waals surface area contributed by atoms with Gasteiger partial charge in [0, 0.05) is 28.6 Å². The molecule has 0 aliphatic carbocycles. The molecule has 7 heteroatoms. The minimum atomic E-state index is -0.511. The van der Waals surface area contributed by atoms with Crippen LogP contribution in [0.5, 0.6) is 0 Å². The van der Waals surface area contributed by atoms with Gasteiger partial charge in [-0.1, -0.05) is 22.8 Å². The van der Waals surface area contributed by atoms with Gasteiger partial charge < -0.3 is 5.32 Å². The summed E-state index contributed by atoms with van der Waals surface area (Å²) in [5.41, 5.74) is 8.18. The van der Waals surface area contributed by atoms with Crippen LogP contribution in [0, 0.1) is 5.82 Å². The van der Waals surface area contributed by atoms with E-state index in [1.165, 1.54) is 18.2 Å². The van der Waals surface area contributed by atoms with Crippen molar-refractivity contribution < 1.29 is 9.18 Å². The van der Waals surface area contributed by atoms with E-state index in [9.17, 15) is 9.18 Å². The summed E-state index contributed by atoms with van der Waals surface area (Å²) in [6.45, 7) is 0.377. The molecule has 0 bridgehead atoms. The van der Waals surface area contributed by atoms with Crippen molar-refractivity contribution in [3.05, 3.63) is 45.0 Å². The zero-order valence-corrected chi connectivity index (χ0v) is 9.62. The van der Waals surface area contributed by atoms with Crippen LogP contribution < -0.4 is 5.32 Å². The molecular weight excluding hydrogens is 247 g/mol. The molecule has 0 aliphatic heterocycles. The molecule has 0 saturated heterocycles. The molecule has 1 N–H and O–H groups in total. The Bertz CT molecular complexity index is 439. The van der Waals surface area contributed by atoms with Gasteiger partial charge in [0.05, 0.1) is 6.42 Å². The predicted octanol–water partition coefficient (Wildman–Crippen LogP) is 2.45. The summed E-state index contributed by atoms with van der Waals surface area (Å²) >= 11 is 5.77. The lowest BCUT2D eigenvalue weighted by Crippen LogP contribution is -2.27. The van der Waals surface area contributed by atoms with Gasteiger partial charge in [-0.3, -0.25) is 4.79 Å². The van der Waals surface area contributed by atoms with Crippen LogP contribution in [-0.2, 0) is 11.2 Å². The fourth-order valence-electron chi connectivity index (χ4n) is 1.21. The van der Waals surface area contributed by atoms with E-state index >= 15 is 0 Å². The third-order valence-electron chi connectivity index (χ3n) is 2.00. The quantitative estimate of drug-likeness (QED) is 0.373. The second-order valence-corrected chi connectivity index (χ2v) is 3.59. The highest BCUT2D eigenvalue weighted by atomic mass is 35.5. The molecule has 1 amide bonds. The second kappa shape index (κ2) is 6.73. The lowest BCUT2D eigenvalue weighted by molar-refractivity contribution is -0.120. The number of hydrogen-bond donors (Lipinski definition) is 1. The first-order valence-electron chi connectivity index (χ1n) is 4.85. The van der Waals surface area contributed by atoms with Gasteiger partial charge >= 0.3 is 0 Å². The minimum Gasteiger partial charge on any atom is -0.356 e. The van der Waals surface area contributed by atoms with E-state index in [4.69, 9.17) is 17.1 Å². The number of azide groups is 1. The zero-order valence-electron chi connectivity index (χ0n) is 8.86. The van der Waals surface area contributed by atoms with Gasteiger partial charge in [-0.05, 0) is 17.7 Å². The first-order chi connectivity index (χ1) is 8.15. The van der Waals surface area contributed by atoms with Crippen LogP contribution >= 0.6 is 11.6 Å². The molecule has 17 heavy (non-hydrogen) atoms. The molecule has 0 aromatic heterocycles. The summed E-state index contributed by atoms with van der Waals surface area (Å²) in [4.78, 5) is 13.9. The maximum Gasteiger partial charge on any atom is 0.224 e. The van der Waals surface area contributed by atoms with Crippen molar-refractivity contribution in [2.75, 3.05) is 13.1 Å². The highest BCUT2D eigenvalue weighted by molar-refractivity contribution is 6.31. The lowest BCUT2D eigenvalue weighted by Gasteiger charge is -2.06. The number of nitrogens with zero attached hydrogens (tertiary/aromatic N) is 3. The van der Waals surface area contributed by atoms with Crippen LogP contribution in [0.3, 0.4) is 0 Å². The SMILES string of the molecule is [N-]=[N+]=NCCNC(=O)Cc1c(F)cccc1Cl. The monoisotopic (exact) mass is 256 g/mol. The van der Waals surface area contributed by atoms with E-state index in [0.717, 1.165) is 0 Å². The van der Waals surface area contributed by atoms with E-state index in [0.29, 0.717) is 0 Å². The third-order valence-corrected chi connectivity index (χ3v) is 2.35. The van der Waals surface area contributed by atoms with Gasteiger partial charge in [-0.2, -0.15) is 0 Å². The fourth-order valence-corrected chi connectivity index (χ4v) is 1.44. The molecule has 1 aromatic rings. The van der Waals surface area contributed by atoms with E-state index in [1.807, 2.05) is 0 Å². The average molecular weight is 257 g/mol. The van der Waals surface area contributed by atoms with E-state index in [2.05, 4.69) is 15.3 Å². The van der Waals surface area contributed by atoms with Crippen molar-refractivity contribution in [1.82, 2.24) is 5.32 Å². The molecule has 0 radical (unpaired) electrons. The topological polar surface area (TPSA) is 77.9 Å². The Hall–Kier alpha value is -1.78. The molecule has 0 fully saturated rings. The van der Waals surface area contributed by atoms with E-state index in [-0.39, 0.29) is 36.0 Å². The number of nitrogens with one attached hydrogen (secondary N) is 1. The largest absolute Gasteiger partial charge is 0.356 e. The Kier molecular flexibility index (Phi) is 5.26.